The molecular weight excluding hydrogens is 240 g/mol. The van der Waals surface area contributed by atoms with Gasteiger partial charge in [0.2, 0.25) is 0 Å². The Morgan fingerprint density at radius 2 is 2.35 bits per heavy atom. The number of aromatic nitrogens is 1. The number of aliphatic hydroxyl groups excluding tert-OH is 2. The highest BCUT2D eigenvalue weighted by Crippen LogP contribution is 2.28. The van der Waals surface area contributed by atoms with E-state index in [9.17, 15) is 5.11 Å². The number of piperidine rings is 1. The van der Waals surface area contributed by atoms with E-state index in [0.29, 0.717) is 10.6 Å². The molecule has 1 aliphatic heterocycles. The van der Waals surface area contributed by atoms with E-state index in [-0.39, 0.29) is 18.6 Å². The van der Waals surface area contributed by atoms with Crippen LogP contribution in [0, 0.1) is 5.92 Å². The summed E-state index contributed by atoms with van der Waals surface area (Å²) in [4.78, 5) is 6.37. The molecule has 2 N–H and O–H groups in total. The molecule has 5 heteroatoms. The summed E-state index contributed by atoms with van der Waals surface area (Å²) in [5, 5.41) is 19.2. The number of aliphatic hydroxyl groups is 2. The number of nitrogens with zero attached hydrogens (tertiary/aromatic N) is 2. The Bertz CT molecular complexity index is 400. The highest BCUT2D eigenvalue weighted by atomic mass is 35.5. The van der Waals surface area contributed by atoms with Crippen molar-refractivity contribution in [2.45, 2.75) is 26.1 Å². The van der Waals surface area contributed by atoms with Crippen LogP contribution >= 0.6 is 11.6 Å². The van der Waals surface area contributed by atoms with E-state index in [2.05, 4.69) is 9.88 Å². The standard InChI is InChI=1S/C12H17ClN2O2/c1-8-6-15(3-2-11(8)17)12-10(13)4-9(7-16)5-14-12/h4-5,8,11,16-17H,2-3,6-7H2,1H3. The van der Waals surface area contributed by atoms with E-state index in [1.54, 1.807) is 12.3 Å². The predicted octanol–water partition coefficient (Wildman–Crippen LogP) is 1.43. The molecule has 0 spiro atoms. The third-order valence-electron chi connectivity index (χ3n) is 3.22. The van der Waals surface area contributed by atoms with E-state index in [0.717, 1.165) is 25.3 Å². The number of halogens is 1. The molecule has 1 fully saturated rings. The third-order valence-corrected chi connectivity index (χ3v) is 3.50. The van der Waals surface area contributed by atoms with Crippen molar-refractivity contribution in [3.05, 3.63) is 22.8 Å². The smallest absolute Gasteiger partial charge is 0.147 e. The maximum atomic E-state index is 9.68. The van der Waals surface area contributed by atoms with Gasteiger partial charge >= 0.3 is 0 Å². The summed E-state index contributed by atoms with van der Waals surface area (Å²) in [6.07, 6.45) is 2.14. The number of anilines is 1. The normalized spacial score (nSPS) is 25.1. The summed E-state index contributed by atoms with van der Waals surface area (Å²) in [7, 11) is 0. The van der Waals surface area contributed by atoms with Crippen LogP contribution in [0.25, 0.3) is 0 Å². The van der Waals surface area contributed by atoms with Crippen molar-refractivity contribution in [3.63, 3.8) is 0 Å². The molecule has 17 heavy (non-hydrogen) atoms. The molecule has 2 unspecified atom stereocenters. The lowest BCUT2D eigenvalue weighted by molar-refractivity contribution is 0.0969. The maximum Gasteiger partial charge on any atom is 0.147 e. The predicted molar refractivity (Wildman–Crippen MR) is 67.2 cm³/mol. The molecule has 0 amide bonds. The SMILES string of the molecule is CC1CN(c2ncc(CO)cc2Cl)CCC1O. The largest absolute Gasteiger partial charge is 0.393 e. The van der Waals surface area contributed by atoms with Gasteiger partial charge < -0.3 is 15.1 Å². The molecule has 2 heterocycles. The molecule has 2 atom stereocenters. The summed E-state index contributed by atoms with van der Waals surface area (Å²) in [6, 6.07) is 1.74. The van der Waals surface area contributed by atoms with Gasteiger partial charge in [-0.3, -0.25) is 0 Å². The lowest BCUT2D eigenvalue weighted by Crippen LogP contribution is -2.42. The molecule has 1 aromatic heterocycles. The van der Waals surface area contributed by atoms with Crippen molar-refractivity contribution in [1.29, 1.82) is 0 Å². The summed E-state index contributed by atoms with van der Waals surface area (Å²) < 4.78 is 0. The Balaban J connectivity index is 2.17. The van der Waals surface area contributed by atoms with Crippen molar-refractivity contribution < 1.29 is 10.2 Å². The number of hydrogen-bond acceptors (Lipinski definition) is 4. The quantitative estimate of drug-likeness (QED) is 0.841. The minimum absolute atomic E-state index is 0.0535. The molecule has 0 aliphatic carbocycles. The summed E-state index contributed by atoms with van der Waals surface area (Å²) in [5.74, 6) is 0.960. The van der Waals surface area contributed by atoms with Gasteiger partial charge in [-0.15, -0.1) is 0 Å². The zero-order valence-corrected chi connectivity index (χ0v) is 10.6. The van der Waals surface area contributed by atoms with Crippen LogP contribution in [0.4, 0.5) is 5.82 Å². The van der Waals surface area contributed by atoms with E-state index in [1.165, 1.54) is 0 Å². The average Bonchev–Trinajstić information content (AvgIpc) is 2.32. The second-order valence-corrected chi connectivity index (χ2v) is 4.99. The summed E-state index contributed by atoms with van der Waals surface area (Å²) in [5.41, 5.74) is 0.712. The molecule has 0 bridgehead atoms. The molecule has 4 nitrogen and oxygen atoms in total. The fourth-order valence-corrected chi connectivity index (χ4v) is 2.42. The van der Waals surface area contributed by atoms with Crippen molar-refractivity contribution in [2.75, 3.05) is 18.0 Å². The second kappa shape index (κ2) is 5.21. The zero-order valence-electron chi connectivity index (χ0n) is 9.80. The van der Waals surface area contributed by atoms with E-state index < -0.39 is 0 Å². The molecule has 0 radical (unpaired) electrons. The van der Waals surface area contributed by atoms with Gasteiger partial charge in [-0.25, -0.2) is 4.98 Å². The van der Waals surface area contributed by atoms with Gasteiger partial charge in [0.25, 0.3) is 0 Å². The van der Waals surface area contributed by atoms with Crippen LogP contribution < -0.4 is 4.90 Å². The number of rotatable bonds is 2. The van der Waals surface area contributed by atoms with E-state index in [1.807, 2.05) is 6.92 Å². The average molecular weight is 257 g/mol. The summed E-state index contributed by atoms with van der Waals surface area (Å²) >= 11 is 6.15. The Labute approximate surface area is 106 Å². The molecule has 0 saturated carbocycles. The molecule has 2 rings (SSSR count). The highest BCUT2D eigenvalue weighted by molar-refractivity contribution is 6.33. The van der Waals surface area contributed by atoms with Crippen LogP contribution in [-0.4, -0.2) is 34.4 Å². The van der Waals surface area contributed by atoms with Gasteiger partial charge in [-0.05, 0) is 24.0 Å². The lowest BCUT2D eigenvalue weighted by atomic mass is 9.97. The van der Waals surface area contributed by atoms with Crippen molar-refractivity contribution in [2.24, 2.45) is 5.92 Å². The van der Waals surface area contributed by atoms with E-state index in [4.69, 9.17) is 16.7 Å². The minimum atomic E-state index is -0.234. The molecule has 1 saturated heterocycles. The fourth-order valence-electron chi connectivity index (χ4n) is 2.12. The Morgan fingerprint density at radius 1 is 1.59 bits per heavy atom. The summed E-state index contributed by atoms with van der Waals surface area (Å²) in [6.45, 7) is 3.48. The van der Waals surface area contributed by atoms with Crippen LogP contribution in [0.5, 0.6) is 0 Å². The highest BCUT2D eigenvalue weighted by Gasteiger charge is 2.26. The Kier molecular flexibility index (Phi) is 3.86. The monoisotopic (exact) mass is 256 g/mol. The third kappa shape index (κ3) is 2.70. The first-order valence-electron chi connectivity index (χ1n) is 5.80. The van der Waals surface area contributed by atoms with Crippen LogP contribution in [-0.2, 0) is 6.61 Å². The number of hydrogen-bond donors (Lipinski definition) is 2. The van der Waals surface area contributed by atoms with Gasteiger partial charge in [0.15, 0.2) is 0 Å². The van der Waals surface area contributed by atoms with Gasteiger partial charge in [-0.1, -0.05) is 18.5 Å². The first kappa shape index (κ1) is 12.6. The molecule has 1 aromatic rings. The van der Waals surface area contributed by atoms with Crippen LogP contribution in [0.15, 0.2) is 12.3 Å². The molecular formula is C12H17ClN2O2. The fraction of sp³-hybridized carbons (Fsp3) is 0.583. The first-order chi connectivity index (χ1) is 8.11. The topological polar surface area (TPSA) is 56.6 Å². The van der Waals surface area contributed by atoms with Crippen LogP contribution in [0.2, 0.25) is 5.02 Å². The van der Waals surface area contributed by atoms with Gasteiger partial charge in [-0.2, -0.15) is 0 Å². The van der Waals surface area contributed by atoms with Crippen molar-refractivity contribution >= 4 is 17.4 Å². The second-order valence-electron chi connectivity index (χ2n) is 4.59. The zero-order chi connectivity index (χ0) is 12.4. The van der Waals surface area contributed by atoms with Crippen molar-refractivity contribution in [1.82, 2.24) is 4.98 Å². The van der Waals surface area contributed by atoms with Crippen molar-refractivity contribution in [3.8, 4) is 0 Å². The van der Waals surface area contributed by atoms with Crippen LogP contribution in [0.1, 0.15) is 18.9 Å². The minimum Gasteiger partial charge on any atom is -0.393 e. The number of pyridine rings is 1. The molecule has 0 aromatic carbocycles. The Morgan fingerprint density at radius 3 is 2.94 bits per heavy atom. The van der Waals surface area contributed by atoms with Gasteiger partial charge in [0.1, 0.15) is 5.82 Å². The van der Waals surface area contributed by atoms with Gasteiger partial charge in [0, 0.05) is 19.3 Å². The molecule has 94 valence electrons. The Hall–Kier alpha value is -0.840. The first-order valence-corrected chi connectivity index (χ1v) is 6.18. The maximum absolute atomic E-state index is 9.68. The van der Waals surface area contributed by atoms with Gasteiger partial charge in [0.05, 0.1) is 17.7 Å². The van der Waals surface area contributed by atoms with Crippen LogP contribution in [0.3, 0.4) is 0 Å². The molecule has 1 aliphatic rings. The van der Waals surface area contributed by atoms with E-state index >= 15 is 0 Å². The lowest BCUT2D eigenvalue weighted by Gasteiger charge is -2.35.